The smallest absolute Gasteiger partial charge is 0.344 e. The van der Waals surface area contributed by atoms with E-state index in [0.29, 0.717) is 17.2 Å². The Morgan fingerprint density at radius 1 is 1.36 bits per heavy atom. The molecular formula is C15H19N3O4. The lowest BCUT2D eigenvalue weighted by Gasteiger charge is -2.21. The molecule has 118 valence electrons. The van der Waals surface area contributed by atoms with Gasteiger partial charge in [-0.1, -0.05) is 25.1 Å². The fourth-order valence-electron chi connectivity index (χ4n) is 1.98. The molecule has 7 heteroatoms. The lowest BCUT2D eigenvalue weighted by molar-refractivity contribution is -0.141. The first-order valence-corrected chi connectivity index (χ1v) is 7.06. The molecule has 0 aliphatic carbocycles. The Kier molecular flexibility index (Phi) is 4.35. The van der Waals surface area contributed by atoms with Gasteiger partial charge < -0.3 is 10.1 Å². The minimum Gasteiger partial charge on any atom is -0.481 e. The molecule has 1 heterocycles. The van der Waals surface area contributed by atoms with E-state index < -0.39 is 29.5 Å². The predicted molar refractivity (Wildman–Crippen MR) is 78.7 cm³/mol. The number of nitrogens with zero attached hydrogens (tertiary/aromatic N) is 1. The molecule has 4 amide bonds. The number of imide groups is 1. The summed E-state index contributed by atoms with van der Waals surface area (Å²) in [6.45, 7) is 4.94. The summed E-state index contributed by atoms with van der Waals surface area (Å²) in [5, 5.41) is 3.26. The van der Waals surface area contributed by atoms with Gasteiger partial charge in [-0.25, -0.2) is 4.79 Å². The number of rotatable bonds is 5. The third-order valence-corrected chi connectivity index (χ3v) is 3.62. The number of urea groups is 1. The van der Waals surface area contributed by atoms with Crippen molar-refractivity contribution < 1.29 is 19.1 Å². The van der Waals surface area contributed by atoms with Crippen molar-refractivity contribution in [2.75, 3.05) is 0 Å². The lowest BCUT2D eigenvalue weighted by atomic mass is 10.00. The van der Waals surface area contributed by atoms with Gasteiger partial charge in [-0.3, -0.25) is 15.0 Å². The van der Waals surface area contributed by atoms with Crippen molar-refractivity contribution in [3.8, 4) is 5.75 Å². The second-order valence-electron chi connectivity index (χ2n) is 5.31. The zero-order chi connectivity index (χ0) is 16.3. The molecule has 2 atom stereocenters. The van der Waals surface area contributed by atoms with Gasteiger partial charge >= 0.3 is 6.03 Å². The third kappa shape index (κ3) is 3.03. The van der Waals surface area contributed by atoms with Crippen LogP contribution in [0.4, 0.5) is 4.79 Å². The number of carbonyl (C=O) groups excluding carboxylic acids is 3. The van der Waals surface area contributed by atoms with Crippen LogP contribution in [0.25, 0.3) is 0 Å². The highest BCUT2D eigenvalue weighted by Gasteiger charge is 2.47. The molecule has 0 bridgehead atoms. The van der Waals surface area contributed by atoms with Crippen LogP contribution in [0, 0.1) is 0 Å². The van der Waals surface area contributed by atoms with Gasteiger partial charge in [0.05, 0.1) is 0 Å². The Labute approximate surface area is 128 Å². The number of hydrogen-bond acceptors (Lipinski definition) is 4. The van der Waals surface area contributed by atoms with Crippen molar-refractivity contribution in [3.63, 3.8) is 0 Å². The predicted octanol–water partition coefficient (Wildman–Crippen LogP) is 1.21. The van der Waals surface area contributed by atoms with E-state index in [0.717, 1.165) is 0 Å². The summed E-state index contributed by atoms with van der Waals surface area (Å²) in [5.41, 5.74) is 1.30. The second kappa shape index (κ2) is 6.05. The molecule has 1 aromatic carbocycles. The van der Waals surface area contributed by atoms with E-state index in [9.17, 15) is 14.4 Å². The number of para-hydroxylation sites is 1. The molecule has 0 radical (unpaired) electrons. The van der Waals surface area contributed by atoms with E-state index in [-0.39, 0.29) is 0 Å². The molecule has 2 rings (SSSR count). The van der Waals surface area contributed by atoms with Crippen LogP contribution in [-0.4, -0.2) is 34.5 Å². The van der Waals surface area contributed by atoms with Crippen molar-refractivity contribution >= 4 is 17.8 Å². The number of nitrogens with one attached hydrogen (secondary N) is 2. The minimum atomic E-state index is -0.992. The first-order valence-electron chi connectivity index (χ1n) is 7.06. The Bertz CT molecular complexity index is 590. The molecule has 0 unspecified atom stereocenters. The fraction of sp³-hybridized carbons (Fsp3) is 0.400. The van der Waals surface area contributed by atoms with Crippen LogP contribution in [0.3, 0.4) is 0 Å². The number of carbonyl (C=O) groups is 3. The summed E-state index contributed by atoms with van der Waals surface area (Å²) < 4.78 is 5.45. The first kappa shape index (κ1) is 15.8. The second-order valence-corrected chi connectivity index (χ2v) is 5.31. The maximum atomic E-state index is 12.2. The van der Waals surface area contributed by atoms with Crippen LogP contribution in [0.15, 0.2) is 30.3 Å². The summed E-state index contributed by atoms with van der Waals surface area (Å²) in [7, 11) is 0. The van der Waals surface area contributed by atoms with Gasteiger partial charge in [-0.05, 0) is 32.4 Å². The van der Waals surface area contributed by atoms with Crippen LogP contribution in [0.1, 0.15) is 27.2 Å². The number of hydrogen-bond donors (Lipinski definition) is 2. The summed E-state index contributed by atoms with van der Waals surface area (Å²) in [4.78, 5) is 36.1. The largest absolute Gasteiger partial charge is 0.481 e. The van der Waals surface area contributed by atoms with Crippen LogP contribution < -0.4 is 15.5 Å². The van der Waals surface area contributed by atoms with Gasteiger partial charge in [0, 0.05) is 0 Å². The zero-order valence-corrected chi connectivity index (χ0v) is 12.8. The zero-order valence-electron chi connectivity index (χ0n) is 12.8. The molecular weight excluding hydrogens is 286 g/mol. The molecule has 1 fully saturated rings. The average Bonchev–Trinajstić information content (AvgIpc) is 2.72. The van der Waals surface area contributed by atoms with Crippen molar-refractivity contribution in [1.82, 2.24) is 15.8 Å². The van der Waals surface area contributed by atoms with Crippen LogP contribution in [0.5, 0.6) is 5.75 Å². The normalized spacial score (nSPS) is 22.2. The summed E-state index contributed by atoms with van der Waals surface area (Å²) in [6.07, 6.45) is -0.420. The average molecular weight is 305 g/mol. The maximum Gasteiger partial charge on any atom is 0.344 e. The Morgan fingerprint density at radius 2 is 2.00 bits per heavy atom. The van der Waals surface area contributed by atoms with Gasteiger partial charge in [-0.15, -0.1) is 0 Å². The SMILES string of the molecule is CC[C@]1(C)NC(=O)N(NC(=O)[C@H](C)Oc2ccccc2)C1=O. The molecule has 0 spiro atoms. The van der Waals surface area contributed by atoms with Gasteiger partial charge in [0.2, 0.25) is 0 Å². The van der Waals surface area contributed by atoms with Crippen LogP contribution in [0.2, 0.25) is 0 Å². The van der Waals surface area contributed by atoms with Crippen LogP contribution in [-0.2, 0) is 9.59 Å². The van der Waals surface area contributed by atoms with E-state index >= 15 is 0 Å². The topological polar surface area (TPSA) is 87.7 Å². The molecule has 1 aromatic rings. The first-order chi connectivity index (χ1) is 10.4. The Hall–Kier alpha value is -2.57. The molecule has 0 saturated carbocycles. The van der Waals surface area contributed by atoms with Gasteiger partial charge in [0.15, 0.2) is 6.10 Å². The quantitative estimate of drug-likeness (QED) is 0.800. The van der Waals surface area contributed by atoms with E-state index in [4.69, 9.17) is 4.74 Å². The van der Waals surface area contributed by atoms with Crippen molar-refractivity contribution in [3.05, 3.63) is 30.3 Å². The number of ether oxygens (including phenoxy) is 1. The van der Waals surface area contributed by atoms with E-state index in [1.54, 1.807) is 45.0 Å². The Balaban J connectivity index is 2.00. The van der Waals surface area contributed by atoms with Crippen molar-refractivity contribution in [2.45, 2.75) is 38.8 Å². The van der Waals surface area contributed by atoms with Crippen LogP contribution >= 0.6 is 0 Å². The number of amides is 4. The van der Waals surface area contributed by atoms with E-state index in [2.05, 4.69) is 10.7 Å². The number of hydrazine groups is 1. The van der Waals surface area contributed by atoms with Gasteiger partial charge in [0.1, 0.15) is 11.3 Å². The van der Waals surface area contributed by atoms with E-state index in [1.165, 1.54) is 0 Å². The Morgan fingerprint density at radius 3 is 2.55 bits per heavy atom. The fourth-order valence-corrected chi connectivity index (χ4v) is 1.98. The number of benzene rings is 1. The highest BCUT2D eigenvalue weighted by Crippen LogP contribution is 2.19. The maximum absolute atomic E-state index is 12.2. The summed E-state index contributed by atoms with van der Waals surface area (Å²) in [6, 6.07) is 8.18. The molecule has 1 saturated heterocycles. The van der Waals surface area contributed by atoms with E-state index in [1.807, 2.05) is 6.07 Å². The van der Waals surface area contributed by atoms with Gasteiger partial charge in [0.25, 0.3) is 11.8 Å². The summed E-state index contributed by atoms with van der Waals surface area (Å²) >= 11 is 0. The third-order valence-electron chi connectivity index (χ3n) is 3.62. The van der Waals surface area contributed by atoms with Crippen molar-refractivity contribution in [2.24, 2.45) is 0 Å². The molecule has 7 nitrogen and oxygen atoms in total. The molecule has 0 aromatic heterocycles. The molecule has 1 aliphatic rings. The molecule has 1 aliphatic heterocycles. The molecule has 2 N–H and O–H groups in total. The monoisotopic (exact) mass is 305 g/mol. The lowest BCUT2D eigenvalue weighted by Crippen LogP contribution is -2.51. The minimum absolute atomic E-state index is 0.431. The molecule has 22 heavy (non-hydrogen) atoms. The van der Waals surface area contributed by atoms with Gasteiger partial charge in [-0.2, -0.15) is 5.01 Å². The standard InChI is InChI=1S/C15H19N3O4/c1-4-15(3)13(20)18(14(21)16-15)17-12(19)10(2)22-11-8-6-5-7-9-11/h5-10H,4H2,1-3H3,(H,16,21)(H,17,19)/t10-,15-/m0/s1. The highest BCUT2D eigenvalue weighted by molar-refractivity contribution is 6.07. The summed E-state index contributed by atoms with van der Waals surface area (Å²) in [5.74, 6) is -0.534. The highest BCUT2D eigenvalue weighted by atomic mass is 16.5. The van der Waals surface area contributed by atoms with Crippen molar-refractivity contribution in [1.29, 1.82) is 0 Å².